The Balaban J connectivity index is 1.70. The van der Waals surface area contributed by atoms with Crippen LogP contribution in [-0.4, -0.2) is 63.3 Å². The molecule has 0 bridgehead atoms. The van der Waals surface area contributed by atoms with Crippen molar-refractivity contribution in [2.45, 2.75) is 31.8 Å². The molecule has 1 atom stereocenters. The van der Waals surface area contributed by atoms with Crippen molar-refractivity contribution >= 4 is 23.6 Å². The first kappa shape index (κ1) is 16.3. The summed E-state index contributed by atoms with van der Waals surface area (Å²) in [4.78, 5) is 31.9. The summed E-state index contributed by atoms with van der Waals surface area (Å²) in [6.45, 7) is 2.33. The predicted octanol–water partition coefficient (Wildman–Crippen LogP) is 1.07. The Hall–Kier alpha value is -1.54. The minimum atomic E-state index is -0.127. The average Bonchev–Trinajstić information content (AvgIpc) is 3.04. The molecule has 3 rings (SSSR count). The van der Waals surface area contributed by atoms with Crippen LogP contribution in [0.15, 0.2) is 12.3 Å². The quantitative estimate of drug-likeness (QED) is 0.822. The van der Waals surface area contributed by atoms with E-state index in [0.29, 0.717) is 38.4 Å². The van der Waals surface area contributed by atoms with Gasteiger partial charge in [-0.25, -0.2) is 5.06 Å². The maximum atomic E-state index is 12.5. The number of rotatable bonds is 4. The molecular formula is C15H22N4O3S. The van der Waals surface area contributed by atoms with Crippen molar-refractivity contribution in [1.29, 1.82) is 0 Å². The van der Waals surface area contributed by atoms with Crippen molar-refractivity contribution in [2.24, 2.45) is 0 Å². The predicted molar refractivity (Wildman–Crippen MR) is 86.6 cm³/mol. The number of fused-ring (bicyclic) bond motifs is 1. The first-order valence-corrected chi connectivity index (χ1v) is 9.31. The molecule has 2 amide bonds. The Bertz CT molecular complexity index is 571. The molecule has 2 aliphatic rings. The number of hydrogen-bond donors (Lipinski definition) is 0. The van der Waals surface area contributed by atoms with Gasteiger partial charge in [-0.15, -0.1) is 0 Å². The van der Waals surface area contributed by atoms with Crippen molar-refractivity contribution in [3.63, 3.8) is 0 Å². The van der Waals surface area contributed by atoms with Gasteiger partial charge >= 0.3 is 0 Å². The van der Waals surface area contributed by atoms with Gasteiger partial charge < -0.3 is 4.90 Å². The van der Waals surface area contributed by atoms with E-state index in [4.69, 9.17) is 4.84 Å². The van der Waals surface area contributed by atoms with E-state index in [9.17, 15) is 9.59 Å². The minimum Gasteiger partial charge on any atom is -0.334 e. The summed E-state index contributed by atoms with van der Waals surface area (Å²) in [5, 5.41) is 5.81. The molecule has 2 aliphatic heterocycles. The smallest absolute Gasteiger partial charge is 0.248 e. The Labute approximate surface area is 139 Å². The number of hydroxylamine groups is 2. The van der Waals surface area contributed by atoms with Gasteiger partial charge in [-0.05, 0) is 25.2 Å². The van der Waals surface area contributed by atoms with Crippen LogP contribution in [0.3, 0.4) is 0 Å². The summed E-state index contributed by atoms with van der Waals surface area (Å²) in [6, 6.07) is 1.78. The first-order chi connectivity index (χ1) is 11.2. The lowest BCUT2D eigenvalue weighted by atomic mass is 10.1. The van der Waals surface area contributed by atoms with E-state index in [-0.39, 0.29) is 17.9 Å². The summed E-state index contributed by atoms with van der Waals surface area (Å²) in [7, 11) is 0. The molecule has 7 nitrogen and oxygen atoms in total. The van der Waals surface area contributed by atoms with Gasteiger partial charge in [-0.3, -0.25) is 19.1 Å². The van der Waals surface area contributed by atoms with E-state index in [1.54, 1.807) is 6.20 Å². The van der Waals surface area contributed by atoms with Crippen LogP contribution in [0, 0.1) is 0 Å². The number of nitrogens with zero attached hydrogens (tertiary/aromatic N) is 4. The number of amides is 2. The van der Waals surface area contributed by atoms with Crippen molar-refractivity contribution in [2.75, 3.05) is 31.7 Å². The largest absolute Gasteiger partial charge is 0.334 e. The molecule has 1 unspecified atom stereocenters. The second kappa shape index (κ2) is 7.35. The van der Waals surface area contributed by atoms with E-state index < -0.39 is 0 Å². The SMILES string of the molecule is CSCC(=O)N1Cc2ccnn2C(CC(=O)N2CCCCO2)C1. The van der Waals surface area contributed by atoms with E-state index in [2.05, 4.69) is 5.10 Å². The zero-order valence-electron chi connectivity index (χ0n) is 13.3. The van der Waals surface area contributed by atoms with Crippen molar-refractivity contribution in [1.82, 2.24) is 19.7 Å². The van der Waals surface area contributed by atoms with Gasteiger partial charge in [0.2, 0.25) is 11.8 Å². The maximum absolute atomic E-state index is 12.5. The highest BCUT2D eigenvalue weighted by Gasteiger charge is 2.31. The van der Waals surface area contributed by atoms with E-state index in [1.165, 1.54) is 16.8 Å². The lowest BCUT2D eigenvalue weighted by molar-refractivity contribution is -0.198. The van der Waals surface area contributed by atoms with Crippen LogP contribution >= 0.6 is 11.8 Å². The van der Waals surface area contributed by atoms with E-state index in [1.807, 2.05) is 21.9 Å². The van der Waals surface area contributed by atoms with Crippen molar-refractivity contribution < 1.29 is 14.4 Å². The normalized spacial score (nSPS) is 21.2. The third kappa shape index (κ3) is 3.69. The van der Waals surface area contributed by atoms with Gasteiger partial charge in [0.25, 0.3) is 0 Å². The topological polar surface area (TPSA) is 67.7 Å². The highest BCUT2D eigenvalue weighted by atomic mass is 32.2. The summed E-state index contributed by atoms with van der Waals surface area (Å²) < 4.78 is 1.88. The van der Waals surface area contributed by atoms with Crippen LogP contribution in [0.4, 0.5) is 0 Å². The molecule has 0 N–H and O–H groups in total. The number of thioether (sulfide) groups is 1. The van der Waals surface area contributed by atoms with Crippen LogP contribution < -0.4 is 0 Å². The molecule has 0 aliphatic carbocycles. The Morgan fingerprint density at radius 2 is 2.26 bits per heavy atom. The molecule has 1 aromatic rings. The van der Waals surface area contributed by atoms with Crippen LogP contribution in [0.5, 0.6) is 0 Å². The van der Waals surface area contributed by atoms with Crippen molar-refractivity contribution in [3.05, 3.63) is 18.0 Å². The number of carbonyl (C=O) groups excluding carboxylic acids is 2. The zero-order chi connectivity index (χ0) is 16.2. The average molecular weight is 338 g/mol. The Kier molecular flexibility index (Phi) is 5.22. The second-order valence-electron chi connectivity index (χ2n) is 5.87. The van der Waals surface area contributed by atoms with Gasteiger partial charge in [0, 0.05) is 19.3 Å². The van der Waals surface area contributed by atoms with Gasteiger partial charge in [-0.1, -0.05) is 0 Å². The fourth-order valence-corrected chi connectivity index (χ4v) is 3.47. The summed E-state index contributed by atoms with van der Waals surface area (Å²) in [5.41, 5.74) is 0.975. The third-order valence-corrected chi connectivity index (χ3v) is 4.73. The van der Waals surface area contributed by atoms with Crippen LogP contribution in [0.2, 0.25) is 0 Å². The summed E-state index contributed by atoms with van der Waals surface area (Å²) >= 11 is 1.52. The van der Waals surface area contributed by atoms with Gasteiger partial charge in [-0.2, -0.15) is 16.9 Å². The lowest BCUT2D eigenvalue weighted by Crippen LogP contribution is -2.44. The van der Waals surface area contributed by atoms with E-state index in [0.717, 1.165) is 18.5 Å². The molecular weight excluding hydrogens is 316 g/mol. The number of carbonyl (C=O) groups is 2. The van der Waals surface area contributed by atoms with Crippen LogP contribution in [0.1, 0.15) is 31.0 Å². The van der Waals surface area contributed by atoms with Gasteiger partial charge in [0.15, 0.2) is 0 Å². The van der Waals surface area contributed by atoms with Crippen molar-refractivity contribution in [3.8, 4) is 0 Å². The minimum absolute atomic E-state index is 0.0321. The lowest BCUT2D eigenvalue weighted by Gasteiger charge is -2.35. The van der Waals surface area contributed by atoms with Crippen LogP contribution in [-0.2, 0) is 21.0 Å². The van der Waals surface area contributed by atoms with Gasteiger partial charge in [0.1, 0.15) is 0 Å². The molecule has 0 saturated carbocycles. The van der Waals surface area contributed by atoms with Gasteiger partial charge in [0.05, 0.1) is 37.1 Å². The maximum Gasteiger partial charge on any atom is 0.248 e. The highest BCUT2D eigenvalue weighted by molar-refractivity contribution is 7.99. The molecule has 1 saturated heterocycles. The zero-order valence-corrected chi connectivity index (χ0v) is 14.1. The molecule has 1 fully saturated rings. The first-order valence-electron chi connectivity index (χ1n) is 7.91. The second-order valence-corrected chi connectivity index (χ2v) is 6.73. The summed E-state index contributed by atoms with van der Waals surface area (Å²) in [5.74, 6) is 0.538. The molecule has 0 spiro atoms. The fourth-order valence-electron chi connectivity index (χ4n) is 3.04. The number of hydrogen-bond acceptors (Lipinski definition) is 5. The van der Waals surface area contributed by atoms with Crippen LogP contribution in [0.25, 0.3) is 0 Å². The molecule has 0 radical (unpaired) electrons. The van der Waals surface area contributed by atoms with E-state index >= 15 is 0 Å². The molecule has 0 aromatic carbocycles. The highest BCUT2D eigenvalue weighted by Crippen LogP contribution is 2.24. The molecule has 23 heavy (non-hydrogen) atoms. The Morgan fingerprint density at radius 3 is 3.00 bits per heavy atom. The Morgan fingerprint density at radius 1 is 1.39 bits per heavy atom. The number of aromatic nitrogens is 2. The monoisotopic (exact) mass is 338 g/mol. The fraction of sp³-hybridized carbons (Fsp3) is 0.667. The molecule has 1 aromatic heterocycles. The molecule has 3 heterocycles. The standard InChI is InChI=1S/C15H22N4O3S/c1-23-11-15(21)17-9-12-4-5-16-19(12)13(10-17)8-14(20)18-6-2-3-7-22-18/h4-5,13H,2-3,6-11H2,1H3. The molecule has 126 valence electrons. The summed E-state index contributed by atoms with van der Waals surface area (Å²) in [6.07, 6.45) is 5.92. The molecule has 8 heteroatoms. The third-order valence-electron chi connectivity index (χ3n) is 4.19.